The van der Waals surface area contributed by atoms with E-state index >= 15 is 0 Å². The lowest BCUT2D eigenvalue weighted by Crippen LogP contribution is -2.41. The van der Waals surface area contributed by atoms with Gasteiger partial charge in [0.15, 0.2) is 0 Å². The number of pyridine rings is 1. The zero-order valence-corrected chi connectivity index (χ0v) is 16.5. The Morgan fingerprint density at radius 3 is 2.73 bits per heavy atom. The van der Waals surface area contributed by atoms with Crippen LogP contribution in [0.2, 0.25) is 0 Å². The average molecular weight is 360 g/mol. The molecule has 0 radical (unpaired) electrons. The monoisotopic (exact) mass is 359 g/mol. The van der Waals surface area contributed by atoms with Gasteiger partial charge in [-0.15, -0.1) is 0 Å². The van der Waals surface area contributed by atoms with Crippen LogP contribution in [0.25, 0.3) is 0 Å². The van der Waals surface area contributed by atoms with E-state index in [1.54, 1.807) is 13.3 Å². The lowest BCUT2D eigenvalue weighted by atomic mass is 9.82. The van der Waals surface area contributed by atoms with Crippen molar-refractivity contribution in [3.63, 3.8) is 0 Å². The summed E-state index contributed by atoms with van der Waals surface area (Å²) in [6.45, 7) is 9.07. The van der Waals surface area contributed by atoms with E-state index in [-0.39, 0.29) is 5.91 Å². The normalized spacial score (nSPS) is 22.7. The maximum atomic E-state index is 12.8. The van der Waals surface area contributed by atoms with Crippen LogP contribution in [-0.2, 0) is 4.74 Å². The van der Waals surface area contributed by atoms with Crippen molar-refractivity contribution in [1.82, 2.24) is 9.88 Å². The first-order valence-corrected chi connectivity index (χ1v) is 10.1. The summed E-state index contributed by atoms with van der Waals surface area (Å²) in [5.74, 6) is 1.55. The molecule has 2 aliphatic rings. The molecular weight excluding hydrogens is 326 g/mol. The van der Waals surface area contributed by atoms with Gasteiger partial charge in [-0.1, -0.05) is 13.8 Å². The van der Waals surface area contributed by atoms with Crippen molar-refractivity contribution in [2.75, 3.05) is 44.8 Å². The predicted molar refractivity (Wildman–Crippen MR) is 105 cm³/mol. The first-order valence-electron chi connectivity index (χ1n) is 10.1. The summed E-state index contributed by atoms with van der Waals surface area (Å²) in [5.41, 5.74) is 1.13. The highest BCUT2D eigenvalue weighted by atomic mass is 16.5. The van der Waals surface area contributed by atoms with Crippen LogP contribution in [0.5, 0.6) is 0 Å². The zero-order chi connectivity index (χ0) is 18.6. The van der Waals surface area contributed by atoms with Gasteiger partial charge in [-0.3, -0.25) is 4.79 Å². The number of hydrogen-bond donors (Lipinski definition) is 0. The number of rotatable bonds is 6. The molecule has 2 aliphatic heterocycles. The average Bonchev–Trinajstić information content (AvgIpc) is 3.13. The second-order valence-electron chi connectivity index (χ2n) is 8.00. The number of nitrogens with zero attached hydrogens (tertiary/aromatic N) is 3. The minimum Gasteiger partial charge on any atom is -0.384 e. The highest BCUT2D eigenvalue weighted by Crippen LogP contribution is 2.38. The first-order chi connectivity index (χ1) is 12.6. The van der Waals surface area contributed by atoms with E-state index in [1.165, 1.54) is 19.3 Å². The molecule has 0 aliphatic carbocycles. The van der Waals surface area contributed by atoms with E-state index in [4.69, 9.17) is 4.74 Å². The third-order valence-corrected chi connectivity index (χ3v) is 6.47. The number of carbonyl (C=O) groups is 1. The minimum atomic E-state index is 0.0998. The fraction of sp³-hybridized carbons (Fsp3) is 0.714. The number of ether oxygens (including phenoxy) is 1. The van der Waals surface area contributed by atoms with E-state index in [0.717, 1.165) is 51.4 Å². The molecule has 3 rings (SSSR count). The molecule has 3 heterocycles. The van der Waals surface area contributed by atoms with Crippen LogP contribution < -0.4 is 4.90 Å². The molecule has 0 aromatic carbocycles. The SMILES string of the molecule is CCC1(CC)CCN(c2ccc(C(=O)N3CCC[C@H](COC)C3)cn2)C1. The number of piperidine rings is 1. The van der Waals surface area contributed by atoms with E-state index in [9.17, 15) is 4.79 Å². The van der Waals surface area contributed by atoms with Gasteiger partial charge in [0.1, 0.15) is 5.82 Å². The molecule has 0 spiro atoms. The lowest BCUT2D eigenvalue weighted by molar-refractivity contribution is 0.0570. The summed E-state index contributed by atoms with van der Waals surface area (Å²) < 4.78 is 5.27. The number of aromatic nitrogens is 1. The van der Waals surface area contributed by atoms with Crippen molar-refractivity contribution in [1.29, 1.82) is 0 Å². The van der Waals surface area contributed by atoms with Crippen LogP contribution in [-0.4, -0.2) is 55.7 Å². The van der Waals surface area contributed by atoms with Crippen molar-refractivity contribution in [3.05, 3.63) is 23.9 Å². The third-order valence-electron chi connectivity index (χ3n) is 6.47. The largest absolute Gasteiger partial charge is 0.384 e. The Hall–Kier alpha value is -1.62. The van der Waals surface area contributed by atoms with E-state index in [0.29, 0.717) is 16.9 Å². The van der Waals surface area contributed by atoms with E-state index in [1.807, 2.05) is 17.0 Å². The second kappa shape index (κ2) is 8.38. The van der Waals surface area contributed by atoms with Crippen molar-refractivity contribution >= 4 is 11.7 Å². The summed E-state index contributed by atoms with van der Waals surface area (Å²) in [7, 11) is 1.73. The quantitative estimate of drug-likeness (QED) is 0.779. The fourth-order valence-electron chi connectivity index (χ4n) is 4.46. The van der Waals surface area contributed by atoms with Gasteiger partial charge in [0.25, 0.3) is 5.91 Å². The summed E-state index contributed by atoms with van der Waals surface area (Å²) in [4.78, 5) is 21.8. The topological polar surface area (TPSA) is 45.7 Å². The Morgan fingerprint density at radius 1 is 1.31 bits per heavy atom. The molecule has 1 aromatic rings. The Kier molecular flexibility index (Phi) is 6.17. The van der Waals surface area contributed by atoms with Gasteiger partial charge in [0.05, 0.1) is 12.2 Å². The van der Waals surface area contributed by atoms with Crippen molar-refractivity contribution in [2.45, 2.75) is 46.0 Å². The number of likely N-dealkylation sites (tertiary alicyclic amines) is 1. The van der Waals surface area contributed by atoms with Crippen LogP contribution in [0.1, 0.15) is 56.3 Å². The Balaban J connectivity index is 1.63. The van der Waals surface area contributed by atoms with Gasteiger partial charge in [-0.2, -0.15) is 0 Å². The summed E-state index contributed by atoms with van der Waals surface area (Å²) in [6.07, 6.45) is 7.62. The van der Waals surface area contributed by atoms with E-state index < -0.39 is 0 Å². The molecule has 0 N–H and O–H groups in total. The van der Waals surface area contributed by atoms with Crippen LogP contribution in [0.4, 0.5) is 5.82 Å². The Labute approximate surface area is 157 Å². The highest BCUT2D eigenvalue weighted by Gasteiger charge is 2.35. The van der Waals surface area contributed by atoms with Gasteiger partial charge < -0.3 is 14.5 Å². The molecule has 26 heavy (non-hydrogen) atoms. The summed E-state index contributed by atoms with van der Waals surface area (Å²) >= 11 is 0. The molecule has 0 saturated carbocycles. The highest BCUT2D eigenvalue weighted by molar-refractivity contribution is 5.94. The van der Waals surface area contributed by atoms with Gasteiger partial charge >= 0.3 is 0 Å². The van der Waals surface area contributed by atoms with Gasteiger partial charge in [-0.05, 0) is 55.6 Å². The minimum absolute atomic E-state index is 0.0998. The molecule has 2 fully saturated rings. The zero-order valence-electron chi connectivity index (χ0n) is 16.5. The molecule has 1 aromatic heterocycles. The van der Waals surface area contributed by atoms with Crippen LogP contribution >= 0.6 is 0 Å². The van der Waals surface area contributed by atoms with Gasteiger partial charge in [0, 0.05) is 39.5 Å². The number of carbonyl (C=O) groups excluding carboxylic acids is 1. The van der Waals surface area contributed by atoms with Gasteiger partial charge in [-0.25, -0.2) is 4.98 Å². The molecular formula is C21H33N3O2. The van der Waals surface area contributed by atoms with Crippen LogP contribution in [0.3, 0.4) is 0 Å². The molecule has 1 amide bonds. The van der Waals surface area contributed by atoms with E-state index in [2.05, 4.69) is 23.7 Å². The third kappa shape index (κ3) is 4.03. The molecule has 144 valence electrons. The number of hydrogen-bond acceptors (Lipinski definition) is 4. The fourth-order valence-corrected chi connectivity index (χ4v) is 4.46. The molecule has 5 nitrogen and oxygen atoms in total. The van der Waals surface area contributed by atoms with Crippen molar-refractivity contribution in [3.8, 4) is 0 Å². The maximum absolute atomic E-state index is 12.8. The Morgan fingerprint density at radius 2 is 2.12 bits per heavy atom. The molecule has 2 saturated heterocycles. The summed E-state index contributed by atoms with van der Waals surface area (Å²) in [6, 6.07) is 3.97. The smallest absolute Gasteiger partial charge is 0.255 e. The molecule has 1 atom stereocenters. The molecule has 0 bridgehead atoms. The van der Waals surface area contributed by atoms with Crippen LogP contribution in [0, 0.1) is 11.3 Å². The number of amides is 1. The van der Waals surface area contributed by atoms with Crippen molar-refractivity contribution < 1.29 is 9.53 Å². The molecule has 0 unspecified atom stereocenters. The van der Waals surface area contributed by atoms with Crippen molar-refractivity contribution in [2.24, 2.45) is 11.3 Å². The predicted octanol–water partition coefficient (Wildman–Crippen LogP) is 3.60. The summed E-state index contributed by atoms with van der Waals surface area (Å²) in [5, 5.41) is 0. The molecule has 5 heteroatoms. The Bertz CT molecular complexity index is 596. The number of methoxy groups -OCH3 is 1. The van der Waals surface area contributed by atoms with Gasteiger partial charge in [0.2, 0.25) is 0 Å². The first kappa shape index (κ1) is 19.2. The maximum Gasteiger partial charge on any atom is 0.255 e. The number of anilines is 1. The standard InChI is InChI=1S/C21H33N3O2/c1-4-21(5-2)10-12-24(16-21)19-9-8-18(13-22-19)20(25)23-11-6-7-17(14-23)15-26-3/h8-9,13,17H,4-7,10-12,14-16H2,1-3H3/t17-/m0/s1. The lowest BCUT2D eigenvalue weighted by Gasteiger charge is -2.32. The second-order valence-corrected chi connectivity index (χ2v) is 8.00. The van der Waals surface area contributed by atoms with Crippen LogP contribution in [0.15, 0.2) is 18.3 Å².